The summed E-state index contributed by atoms with van der Waals surface area (Å²) in [6.45, 7) is 0. The summed E-state index contributed by atoms with van der Waals surface area (Å²) >= 11 is 0. The summed E-state index contributed by atoms with van der Waals surface area (Å²) in [5, 5.41) is 0. The largest absolute Gasteiger partial charge is 0.295 e. The van der Waals surface area contributed by atoms with Crippen LogP contribution < -0.4 is 5.46 Å². The van der Waals surface area contributed by atoms with Crippen LogP contribution in [0.25, 0.3) is 11.1 Å². The number of benzene rings is 2. The van der Waals surface area contributed by atoms with E-state index in [1.807, 2.05) is 36.4 Å². The van der Waals surface area contributed by atoms with Crippen LogP contribution in [0, 0.1) is 0 Å². The second-order valence-electron chi connectivity index (χ2n) is 3.83. The zero-order valence-electron chi connectivity index (χ0n) is 9.39. The highest BCUT2D eigenvalue weighted by molar-refractivity contribution is 6.32. The van der Waals surface area contributed by atoms with Crippen molar-refractivity contribution >= 4 is 26.9 Å². The van der Waals surface area contributed by atoms with Gasteiger partial charge in [0.25, 0.3) is 0 Å². The van der Waals surface area contributed by atoms with Gasteiger partial charge in [0.15, 0.2) is 5.78 Å². The summed E-state index contributed by atoms with van der Waals surface area (Å²) in [5.41, 5.74) is 3.51. The third-order valence-electron chi connectivity index (χ3n) is 2.64. The maximum absolute atomic E-state index is 11.4. The molecule has 78 valence electrons. The van der Waals surface area contributed by atoms with Gasteiger partial charge in [-0.15, -0.1) is 0 Å². The number of carbonyl (C=O) groups is 1. The van der Waals surface area contributed by atoms with E-state index < -0.39 is 0 Å². The quantitative estimate of drug-likeness (QED) is 0.565. The molecular formula is C14H10B2O. The molecule has 0 fully saturated rings. The lowest BCUT2D eigenvalue weighted by Crippen LogP contribution is -1.99. The van der Waals surface area contributed by atoms with Crippen LogP contribution in [0.1, 0.15) is 10.4 Å². The Kier molecular flexibility index (Phi) is 3.48. The Morgan fingerprint density at radius 3 is 1.82 bits per heavy atom. The molecule has 3 heteroatoms. The minimum atomic E-state index is -0.0474. The minimum absolute atomic E-state index is 0.0429. The Morgan fingerprint density at radius 1 is 0.882 bits per heavy atom. The van der Waals surface area contributed by atoms with Gasteiger partial charge in [0.2, 0.25) is 0 Å². The van der Waals surface area contributed by atoms with Crippen molar-refractivity contribution in [3.05, 3.63) is 54.1 Å². The molecule has 0 aliphatic carbocycles. The molecule has 1 nitrogen and oxygen atoms in total. The van der Waals surface area contributed by atoms with Gasteiger partial charge in [-0.25, -0.2) is 0 Å². The van der Waals surface area contributed by atoms with Crippen molar-refractivity contribution in [3.63, 3.8) is 0 Å². The van der Waals surface area contributed by atoms with Crippen molar-refractivity contribution in [2.45, 2.75) is 6.32 Å². The molecule has 0 aliphatic rings. The van der Waals surface area contributed by atoms with Crippen LogP contribution in [-0.4, -0.2) is 21.5 Å². The molecule has 2 rings (SSSR count). The van der Waals surface area contributed by atoms with E-state index in [4.69, 9.17) is 15.7 Å². The Morgan fingerprint density at radius 2 is 1.35 bits per heavy atom. The summed E-state index contributed by atoms with van der Waals surface area (Å²) in [6.07, 6.45) is 0.0429. The first kappa shape index (κ1) is 11.7. The molecule has 0 unspecified atom stereocenters. The van der Waals surface area contributed by atoms with Gasteiger partial charge >= 0.3 is 0 Å². The Hall–Kier alpha value is -1.76. The Labute approximate surface area is 104 Å². The standard InChI is InChI=1S/C14H10B2O/c15-9-14(17)12-3-1-10(2-4-12)11-5-7-13(16)8-6-11/h1-8H,9H2. The molecule has 0 atom stereocenters. The molecule has 0 N–H and O–H groups in total. The number of rotatable bonds is 3. The zero-order chi connectivity index (χ0) is 12.3. The van der Waals surface area contributed by atoms with Crippen molar-refractivity contribution < 1.29 is 4.79 Å². The molecule has 4 radical (unpaired) electrons. The first-order chi connectivity index (χ1) is 8.20. The van der Waals surface area contributed by atoms with Crippen molar-refractivity contribution in [1.82, 2.24) is 0 Å². The van der Waals surface area contributed by atoms with Gasteiger partial charge in [0.05, 0.1) is 7.85 Å². The monoisotopic (exact) mass is 216 g/mol. The maximum Gasteiger partial charge on any atom is 0.154 e. The van der Waals surface area contributed by atoms with Gasteiger partial charge in [-0.05, 0) is 17.4 Å². The average Bonchev–Trinajstić information content (AvgIpc) is 2.39. The van der Waals surface area contributed by atoms with Crippen LogP contribution >= 0.6 is 0 Å². The predicted molar refractivity (Wildman–Crippen MR) is 72.2 cm³/mol. The van der Waals surface area contributed by atoms with Gasteiger partial charge in [0, 0.05) is 5.56 Å². The number of hydrogen-bond acceptors (Lipinski definition) is 1. The molecule has 0 saturated carbocycles. The van der Waals surface area contributed by atoms with Crippen molar-refractivity contribution in [2.75, 3.05) is 0 Å². The Balaban J connectivity index is 2.29. The molecule has 0 heterocycles. The maximum atomic E-state index is 11.4. The summed E-state index contributed by atoms with van der Waals surface area (Å²) in [6, 6.07) is 15.0. The summed E-state index contributed by atoms with van der Waals surface area (Å²) < 4.78 is 0. The van der Waals surface area contributed by atoms with E-state index in [-0.39, 0.29) is 12.1 Å². The van der Waals surface area contributed by atoms with E-state index in [0.717, 1.165) is 16.6 Å². The lowest BCUT2D eigenvalue weighted by Gasteiger charge is -2.04. The molecule has 2 aromatic rings. The molecular weight excluding hydrogens is 206 g/mol. The van der Waals surface area contributed by atoms with Crippen LogP contribution in [0.2, 0.25) is 6.32 Å². The SMILES string of the molecule is [B]CC(=O)c1ccc(-c2ccc([B])cc2)cc1. The van der Waals surface area contributed by atoms with Gasteiger partial charge in [-0.1, -0.05) is 54.0 Å². The lowest BCUT2D eigenvalue weighted by atomic mass is 9.92. The highest BCUT2D eigenvalue weighted by Gasteiger charge is 2.03. The van der Waals surface area contributed by atoms with Crippen LogP contribution in [0.15, 0.2) is 48.5 Å². The van der Waals surface area contributed by atoms with E-state index in [1.54, 1.807) is 12.1 Å². The fourth-order valence-electron chi connectivity index (χ4n) is 1.64. The lowest BCUT2D eigenvalue weighted by molar-refractivity contribution is 0.101. The molecule has 0 saturated heterocycles. The number of Topliss-reactive ketones (excluding diaryl/α,β-unsaturated/α-hetero) is 1. The van der Waals surface area contributed by atoms with Gasteiger partial charge in [0.1, 0.15) is 7.85 Å². The summed E-state index contributed by atoms with van der Waals surface area (Å²) in [5.74, 6) is -0.0474. The first-order valence-corrected chi connectivity index (χ1v) is 5.40. The molecule has 0 spiro atoms. The topological polar surface area (TPSA) is 17.1 Å². The second kappa shape index (κ2) is 5.05. The highest BCUT2D eigenvalue weighted by atomic mass is 16.1. The molecule has 0 aliphatic heterocycles. The molecule has 2 aromatic carbocycles. The van der Waals surface area contributed by atoms with E-state index in [2.05, 4.69) is 0 Å². The Bertz CT molecular complexity index is 515. The average molecular weight is 216 g/mol. The highest BCUT2D eigenvalue weighted by Crippen LogP contribution is 2.19. The molecule has 0 aromatic heterocycles. The fourth-order valence-corrected chi connectivity index (χ4v) is 1.64. The van der Waals surface area contributed by atoms with Gasteiger partial charge in [-0.2, -0.15) is 0 Å². The van der Waals surface area contributed by atoms with Gasteiger partial charge in [-0.3, -0.25) is 4.79 Å². The number of hydrogen-bond donors (Lipinski definition) is 0. The van der Waals surface area contributed by atoms with Gasteiger partial charge < -0.3 is 0 Å². The third kappa shape index (κ3) is 2.68. The zero-order valence-corrected chi connectivity index (χ0v) is 9.39. The predicted octanol–water partition coefficient (Wildman–Crippen LogP) is 1.92. The molecule has 0 amide bonds. The molecule has 0 bridgehead atoms. The third-order valence-corrected chi connectivity index (χ3v) is 2.64. The minimum Gasteiger partial charge on any atom is -0.295 e. The summed E-state index contributed by atoms with van der Waals surface area (Å²) in [7, 11) is 10.9. The van der Waals surface area contributed by atoms with Crippen LogP contribution in [0.5, 0.6) is 0 Å². The second-order valence-corrected chi connectivity index (χ2v) is 3.83. The number of carbonyl (C=O) groups excluding carboxylic acids is 1. The van der Waals surface area contributed by atoms with Crippen molar-refractivity contribution in [3.8, 4) is 11.1 Å². The van der Waals surface area contributed by atoms with E-state index >= 15 is 0 Å². The summed E-state index contributed by atoms with van der Waals surface area (Å²) in [4.78, 5) is 11.4. The van der Waals surface area contributed by atoms with Crippen LogP contribution in [-0.2, 0) is 0 Å². The van der Waals surface area contributed by atoms with E-state index in [0.29, 0.717) is 5.56 Å². The van der Waals surface area contributed by atoms with Crippen molar-refractivity contribution in [1.29, 1.82) is 0 Å². The first-order valence-electron chi connectivity index (χ1n) is 5.40. The number of ketones is 1. The normalized spacial score (nSPS) is 10.1. The van der Waals surface area contributed by atoms with Crippen molar-refractivity contribution in [2.24, 2.45) is 0 Å². The van der Waals surface area contributed by atoms with Crippen LogP contribution in [0.3, 0.4) is 0 Å². The fraction of sp³-hybridized carbons (Fsp3) is 0.0714. The van der Waals surface area contributed by atoms with Crippen LogP contribution in [0.4, 0.5) is 0 Å². The van der Waals surface area contributed by atoms with E-state index in [9.17, 15) is 4.79 Å². The molecule has 17 heavy (non-hydrogen) atoms. The smallest absolute Gasteiger partial charge is 0.154 e. The van der Waals surface area contributed by atoms with E-state index in [1.165, 1.54) is 0 Å².